The first kappa shape index (κ1) is 14.6. The fraction of sp³-hybridized carbons (Fsp3) is 0.400. The highest BCUT2D eigenvalue weighted by atomic mass is 79.9. The molecule has 18 heavy (non-hydrogen) atoms. The molecule has 1 saturated heterocycles. The Bertz CT molecular complexity index is 551. The van der Waals surface area contributed by atoms with Crippen molar-refractivity contribution in [3.63, 3.8) is 0 Å². The summed E-state index contributed by atoms with van der Waals surface area (Å²) >= 11 is 15.1. The van der Waals surface area contributed by atoms with Crippen LogP contribution < -0.4 is 0 Å². The lowest BCUT2D eigenvalue weighted by molar-refractivity contribution is 0.359. The van der Waals surface area contributed by atoms with Crippen LogP contribution in [0.1, 0.15) is 0 Å². The van der Waals surface area contributed by atoms with E-state index in [-0.39, 0.29) is 21.0 Å². The second-order valence-electron chi connectivity index (χ2n) is 3.94. The van der Waals surface area contributed by atoms with Crippen LogP contribution in [-0.4, -0.2) is 39.0 Å². The quantitative estimate of drug-likeness (QED) is 0.761. The van der Waals surface area contributed by atoms with Gasteiger partial charge >= 0.3 is 0 Å². The molecule has 0 amide bonds. The van der Waals surface area contributed by atoms with Crippen molar-refractivity contribution in [2.24, 2.45) is 0 Å². The Balaban J connectivity index is 2.39. The number of ether oxygens (including phenoxy) is 1. The monoisotopic (exact) mass is 373 g/mol. The molecule has 0 N–H and O–H groups in total. The zero-order chi connectivity index (χ0) is 13.5. The molecule has 0 saturated carbocycles. The van der Waals surface area contributed by atoms with Gasteiger partial charge in [0.05, 0.1) is 22.8 Å². The fourth-order valence-electron chi connectivity index (χ4n) is 1.49. The maximum Gasteiger partial charge on any atom is 0.245 e. The summed E-state index contributed by atoms with van der Waals surface area (Å²) in [6.45, 7) is 0.882. The molecule has 100 valence electrons. The largest absolute Gasteiger partial charge is 0.372 e. The number of halogens is 3. The number of sulfonamides is 1. The topological polar surface area (TPSA) is 49.9 Å². The molecule has 1 heterocycles. The van der Waals surface area contributed by atoms with E-state index < -0.39 is 10.0 Å². The number of likely N-dealkylation sites (N-methyl/N-ethyl adjacent to an activating group) is 1. The molecule has 0 aliphatic carbocycles. The predicted molar refractivity (Wildman–Crippen MR) is 73.7 cm³/mol. The second-order valence-corrected chi connectivity index (χ2v) is 7.65. The molecule has 1 aliphatic rings. The third-order valence-corrected chi connectivity index (χ3v) is 5.70. The van der Waals surface area contributed by atoms with Crippen LogP contribution in [-0.2, 0) is 14.8 Å². The molecule has 0 radical (unpaired) electrons. The Hall–Kier alpha value is 0.150. The van der Waals surface area contributed by atoms with Crippen LogP contribution in [0.5, 0.6) is 0 Å². The van der Waals surface area contributed by atoms with E-state index in [1.165, 1.54) is 23.5 Å². The number of benzene rings is 1. The van der Waals surface area contributed by atoms with Gasteiger partial charge in [-0.3, -0.25) is 0 Å². The van der Waals surface area contributed by atoms with Gasteiger partial charge in [0.25, 0.3) is 0 Å². The minimum absolute atomic E-state index is 0.0298. The lowest BCUT2D eigenvalue weighted by atomic mass is 10.4. The number of rotatable bonds is 4. The normalized spacial score (nSPS) is 19.3. The van der Waals surface area contributed by atoms with E-state index >= 15 is 0 Å². The van der Waals surface area contributed by atoms with Gasteiger partial charge in [0.1, 0.15) is 4.90 Å². The molecule has 0 bridgehead atoms. The Labute approximate surface area is 124 Å². The zero-order valence-electron chi connectivity index (χ0n) is 9.36. The average Bonchev–Trinajstić information content (AvgIpc) is 2.98. The summed E-state index contributed by atoms with van der Waals surface area (Å²) in [5, 5.41) is 0.191. The lowest BCUT2D eigenvalue weighted by Crippen LogP contribution is -2.31. The Morgan fingerprint density at radius 1 is 1.44 bits per heavy atom. The second kappa shape index (κ2) is 5.26. The number of epoxide rings is 1. The van der Waals surface area contributed by atoms with Gasteiger partial charge in [0.15, 0.2) is 0 Å². The zero-order valence-corrected chi connectivity index (χ0v) is 13.3. The molecule has 0 aromatic heterocycles. The molecule has 0 spiro atoms. The summed E-state index contributed by atoms with van der Waals surface area (Å²) in [6, 6.07) is 3.00. The molecule has 1 unspecified atom stereocenters. The summed E-state index contributed by atoms with van der Waals surface area (Å²) in [4.78, 5) is -0.0721. The smallest absolute Gasteiger partial charge is 0.245 e. The molecule has 1 aromatic rings. The summed E-state index contributed by atoms with van der Waals surface area (Å²) in [5.41, 5.74) is 0. The van der Waals surface area contributed by atoms with Crippen LogP contribution in [0.15, 0.2) is 21.5 Å². The molecule has 1 aliphatic heterocycles. The van der Waals surface area contributed by atoms with Crippen molar-refractivity contribution in [3.8, 4) is 0 Å². The van der Waals surface area contributed by atoms with Gasteiger partial charge in [0, 0.05) is 18.1 Å². The van der Waals surface area contributed by atoms with Crippen LogP contribution >= 0.6 is 39.1 Å². The minimum atomic E-state index is -3.70. The number of hydrogen-bond acceptors (Lipinski definition) is 3. The molecule has 1 fully saturated rings. The number of hydrogen-bond donors (Lipinski definition) is 0. The van der Waals surface area contributed by atoms with Gasteiger partial charge in [-0.1, -0.05) is 39.1 Å². The van der Waals surface area contributed by atoms with Crippen molar-refractivity contribution in [2.75, 3.05) is 20.2 Å². The third kappa shape index (κ3) is 3.00. The molecule has 8 heteroatoms. The van der Waals surface area contributed by atoms with Gasteiger partial charge in [-0.25, -0.2) is 8.42 Å². The van der Waals surface area contributed by atoms with Gasteiger partial charge in [-0.2, -0.15) is 4.31 Å². The van der Waals surface area contributed by atoms with Crippen LogP contribution in [0.4, 0.5) is 0 Å². The van der Waals surface area contributed by atoms with E-state index in [0.717, 1.165) is 0 Å². The van der Waals surface area contributed by atoms with Crippen molar-refractivity contribution in [3.05, 3.63) is 26.7 Å². The highest BCUT2D eigenvalue weighted by Crippen LogP contribution is 2.34. The van der Waals surface area contributed by atoms with Gasteiger partial charge in [0.2, 0.25) is 10.0 Å². The Kier molecular flexibility index (Phi) is 4.26. The molecular weight excluding hydrogens is 365 g/mol. The minimum Gasteiger partial charge on any atom is -0.372 e. The van der Waals surface area contributed by atoms with Crippen LogP contribution in [0, 0.1) is 0 Å². The van der Waals surface area contributed by atoms with Gasteiger partial charge in [-0.05, 0) is 12.1 Å². The van der Waals surface area contributed by atoms with E-state index in [1.807, 2.05) is 0 Å². The molecule has 1 atom stereocenters. The molecular formula is C10H10BrCl2NO3S. The molecule has 2 rings (SSSR count). The highest BCUT2D eigenvalue weighted by Gasteiger charge is 2.32. The maximum atomic E-state index is 12.3. The maximum absolute atomic E-state index is 12.3. The van der Waals surface area contributed by atoms with Crippen molar-refractivity contribution in [1.29, 1.82) is 0 Å². The standard InChI is InChI=1S/C10H10BrCl2NO3S/c1-14(4-7-5-17-7)18(15,16)10-8(12)2-6(11)3-9(10)13/h2-3,7H,4-5H2,1H3. The van der Waals surface area contributed by atoms with E-state index in [0.29, 0.717) is 17.6 Å². The van der Waals surface area contributed by atoms with Crippen molar-refractivity contribution >= 4 is 49.2 Å². The first-order valence-electron chi connectivity index (χ1n) is 5.05. The first-order valence-corrected chi connectivity index (χ1v) is 8.03. The van der Waals surface area contributed by atoms with Gasteiger partial charge < -0.3 is 4.74 Å². The van der Waals surface area contributed by atoms with E-state index in [4.69, 9.17) is 27.9 Å². The molecule has 4 nitrogen and oxygen atoms in total. The Morgan fingerprint density at radius 2 is 1.94 bits per heavy atom. The number of nitrogens with zero attached hydrogens (tertiary/aromatic N) is 1. The lowest BCUT2D eigenvalue weighted by Gasteiger charge is -2.18. The van der Waals surface area contributed by atoms with E-state index in [2.05, 4.69) is 15.9 Å². The van der Waals surface area contributed by atoms with Crippen LogP contribution in [0.2, 0.25) is 10.0 Å². The summed E-state index contributed by atoms with van der Waals surface area (Å²) in [5.74, 6) is 0. The van der Waals surface area contributed by atoms with Crippen molar-refractivity contribution in [2.45, 2.75) is 11.0 Å². The van der Waals surface area contributed by atoms with Crippen molar-refractivity contribution < 1.29 is 13.2 Å². The third-order valence-electron chi connectivity index (χ3n) is 2.49. The summed E-state index contributed by atoms with van der Waals surface area (Å²) in [6.07, 6.45) is -0.0298. The van der Waals surface area contributed by atoms with Gasteiger partial charge in [-0.15, -0.1) is 0 Å². The van der Waals surface area contributed by atoms with Crippen LogP contribution in [0.3, 0.4) is 0 Å². The first-order chi connectivity index (χ1) is 8.32. The SMILES string of the molecule is CN(CC1CO1)S(=O)(=O)c1c(Cl)cc(Br)cc1Cl. The Morgan fingerprint density at radius 3 is 2.39 bits per heavy atom. The highest BCUT2D eigenvalue weighted by molar-refractivity contribution is 9.10. The summed E-state index contributed by atoms with van der Waals surface area (Å²) in [7, 11) is -2.23. The fourth-order valence-corrected chi connectivity index (χ4v) is 4.57. The molecule has 1 aromatic carbocycles. The van der Waals surface area contributed by atoms with Crippen LogP contribution in [0.25, 0.3) is 0 Å². The average molecular weight is 375 g/mol. The predicted octanol–water partition coefficient (Wildman–Crippen LogP) is 2.78. The van der Waals surface area contributed by atoms with E-state index in [1.54, 1.807) is 0 Å². The van der Waals surface area contributed by atoms with Crippen molar-refractivity contribution in [1.82, 2.24) is 4.31 Å². The van der Waals surface area contributed by atoms with E-state index in [9.17, 15) is 8.42 Å². The summed E-state index contributed by atoms with van der Waals surface area (Å²) < 4.78 is 31.5.